The molecule has 1 aromatic carbocycles. The number of hydrogen-bond acceptors (Lipinski definition) is 6. The lowest BCUT2D eigenvalue weighted by molar-refractivity contribution is -0.139. The third-order valence-corrected chi connectivity index (χ3v) is 4.66. The molecule has 0 aliphatic rings. The van der Waals surface area contributed by atoms with Crippen LogP contribution in [0.15, 0.2) is 23.1 Å². The lowest BCUT2D eigenvalue weighted by Gasteiger charge is -2.17. The molecule has 0 bridgehead atoms. The van der Waals surface area contributed by atoms with Gasteiger partial charge in [-0.05, 0) is 24.5 Å². The van der Waals surface area contributed by atoms with Crippen LogP contribution >= 0.6 is 0 Å². The SMILES string of the molecule is COC(=O)c1ccc(S(=O)(=O)N[C@H](CC(C)C)C(=O)O)cc1OC. The number of aliphatic carboxylic acids is 1. The molecule has 0 amide bonds. The molecule has 9 heteroatoms. The summed E-state index contributed by atoms with van der Waals surface area (Å²) in [6, 6.07) is 2.33. The maximum Gasteiger partial charge on any atom is 0.341 e. The van der Waals surface area contributed by atoms with Gasteiger partial charge in [0.25, 0.3) is 0 Å². The summed E-state index contributed by atoms with van der Waals surface area (Å²) in [5.74, 6) is -1.93. The number of methoxy groups -OCH3 is 2. The molecule has 1 aromatic rings. The predicted octanol–water partition coefficient (Wildman–Crippen LogP) is 1.26. The van der Waals surface area contributed by atoms with Crippen molar-refractivity contribution in [3.05, 3.63) is 23.8 Å². The first kappa shape index (κ1) is 19.9. The van der Waals surface area contributed by atoms with Gasteiger partial charge in [0.1, 0.15) is 17.4 Å². The smallest absolute Gasteiger partial charge is 0.341 e. The van der Waals surface area contributed by atoms with Crippen LogP contribution in [-0.4, -0.2) is 45.7 Å². The van der Waals surface area contributed by atoms with E-state index in [0.29, 0.717) is 0 Å². The van der Waals surface area contributed by atoms with Gasteiger partial charge in [0.2, 0.25) is 10.0 Å². The number of rotatable bonds is 8. The topological polar surface area (TPSA) is 119 Å². The molecule has 0 saturated heterocycles. The third-order valence-electron chi connectivity index (χ3n) is 3.19. The highest BCUT2D eigenvalue weighted by atomic mass is 32.2. The highest BCUT2D eigenvalue weighted by Gasteiger charge is 2.27. The van der Waals surface area contributed by atoms with E-state index in [1.807, 2.05) is 0 Å². The first-order valence-electron chi connectivity index (χ1n) is 7.13. The molecule has 2 N–H and O–H groups in total. The summed E-state index contributed by atoms with van der Waals surface area (Å²) in [6.45, 7) is 3.58. The van der Waals surface area contributed by atoms with Crippen molar-refractivity contribution in [1.29, 1.82) is 0 Å². The minimum atomic E-state index is -4.09. The van der Waals surface area contributed by atoms with Gasteiger partial charge < -0.3 is 14.6 Å². The number of carboxylic acid groups (broad SMARTS) is 1. The maximum atomic E-state index is 12.4. The summed E-state index contributed by atoms with van der Waals surface area (Å²) in [5.41, 5.74) is 0.0657. The monoisotopic (exact) mass is 359 g/mol. The maximum absolute atomic E-state index is 12.4. The Hall–Kier alpha value is -2.13. The van der Waals surface area contributed by atoms with E-state index in [-0.39, 0.29) is 28.5 Å². The minimum Gasteiger partial charge on any atom is -0.496 e. The first-order valence-corrected chi connectivity index (χ1v) is 8.62. The molecule has 1 atom stereocenters. The van der Waals surface area contributed by atoms with Crippen molar-refractivity contribution in [3.63, 3.8) is 0 Å². The average Bonchev–Trinajstić information content (AvgIpc) is 2.52. The number of esters is 1. The van der Waals surface area contributed by atoms with Crippen LogP contribution in [0.2, 0.25) is 0 Å². The third kappa shape index (κ3) is 4.93. The van der Waals surface area contributed by atoms with Crippen LogP contribution in [0.4, 0.5) is 0 Å². The van der Waals surface area contributed by atoms with Crippen LogP contribution in [-0.2, 0) is 19.6 Å². The molecule has 0 fully saturated rings. The van der Waals surface area contributed by atoms with Crippen molar-refractivity contribution >= 4 is 22.0 Å². The molecule has 8 nitrogen and oxygen atoms in total. The number of carbonyl (C=O) groups excluding carboxylic acids is 1. The molecule has 0 aliphatic heterocycles. The van der Waals surface area contributed by atoms with Gasteiger partial charge >= 0.3 is 11.9 Å². The molecule has 1 rings (SSSR count). The number of nitrogens with one attached hydrogen (secondary N) is 1. The highest BCUT2D eigenvalue weighted by Crippen LogP contribution is 2.24. The molecule has 0 spiro atoms. The van der Waals surface area contributed by atoms with Crippen LogP contribution in [0.3, 0.4) is 0 Å². The fraction of sp³-hybridized carbons (Fsp3) is 0.467. The number of carboxylic acids is 1. The van der Waals surface area contributed by atoms with Crippen molar-refractivity contribution in [2.45, 2.75) is 31.2 Å². The number of ether oxygens (including phenoxy) is 2. The van der Waals surface area contributed by atoms with Crippen molar-refractivity contribution < 1.29 is 32.6 Å². The summed E-state index contributed by atoms with van der Waals surface area (Å²) < 4.78 is 36.6. The molecule has 0 unspecified atom stereocenters. The molecule has 0 aromatic heterocycles. The normalized spacial score (nSPS) is 12.7. The Bertz CT molecular complexity index is 713. The van der Waals surface area contributed by atoms with Gasteiger partial charge in [-0.3, -0.25) is 4.79 Å². The fourth-order valence-electron chi connectivity index (χ4n) is 2.04. The van der Waals surface area contributed by atoms with Gasteiger partial charge in [0, 0.05) is 6.07 Å². The molecule has 0 heterocycles. The Morgan fingerprint density at radius 3 is 2.33 bits per heavy atom. The zero-order valence-corrected chi connectivity index (χ0v) is 14.7. The standard InChI is InChI=1S/C15H21NO7S/c1-9(2)7-12(14(17)18)16-24(20,21)10-5-6-11(15(19)23-4)13(8-10)22-3/h5-6,8-9,12,16H,7H2,1-4H3,(H,17,18)/t12-/m1/s1. The Labute approximate surface area is 140 Å². The molecule has 0 radical (unpaired) electrons. The van der Waals surface area contributed by atoms with Crippen molar-refractivity contribution in [2.24, 2.45) is 5.92 Å². The first-order chi connectivity index (χ1) is 11.1. The second-order valence-electron chi connectivity index (χ2n) is 5.50. The number of benzene rings is 1. The highest BCUT2D eigenvalue weighted by molar-refractivity contribution is 7.89. The van der Waals surface area contributed by atoms with E-state index in [4.69, 9.17) is 9.84 Å². The molecule has 0 saturated carbocycles. The van der Waals surface area contributed by atoms with Gasteiger partial charge in [-0.15, -0.1) is 0 Å². The van der Waals surface area contributed by atoms with E-state index in [2.05, 4.69) is 9.46 Å². The Morgan fingerprint density at radius 2 is 1.88 bits per heavy atom. The lowest BCUT2D eigenvalue weighted by Crippen LogP contribution is -2.41. The predicted molar refractivity (Wildman–Crippen MR) is 85.5 cm³/mol. The fourth-order valence-corrected chi connectivity index (χ4v) is 3.26. The number of carbonyl (C=O) groups is 2. The van der Waals surface area contributed by atoms with E-state index in [1.54, 1.807) is 13.8 Å². The largest absolute Gasteiger partial charge is 0.496 e. The number of hydrogen-bond donors (Lipinski definition) is 2. The van der Waals surface area contributed by atoms with Crippen LogP contribution in [0.5, 0.6) is 5.75 Å². The van der Waals surface area contributed by atoms with E-state index >= 15 is 0 Å². The lowest BCUT2D eigenvalue weighted by atomic mass is 10.1. The van der Waals surface area contributed by atoms with Crippen LogP contribution < -0.4 is 9.46 Å². The molecular weight excluding hydrogens is 338 g/mol. The van der Waals surface area contributed by atoms with Crippen molar-refractivity contribution in [1.82, 2.24) is 4.72 Å². The summed E-state index contributed by atoms with van der Waals surface area (Å²) in [6.07, 6.45) is 0.145. The number of sulfonamides is 1. The summed E-state index contributed by atoms with van der Waals surface area (Å²) in [5, 5.41) is 9.17. The van der Waals surface area contributed by atoms with Gasteiger partial charge in [-0.25, -0.2) is 13.2 Å². The van der Waals surface area contributed by atoms with Crippen LogP contribution in [0, 0.1) is 5.92 Å². The van der Waals surface area contributed by atoms with Crippen LogP contribution in [0.25, 0.3) is 0 Å². The second-order valence-corrected chi connectivity index (χ2v) is 7.21. The van der Waals surface area contributed by atoms with Crippen molar-refractivity contribution in [2.75, 3.05) is 14.2 Å². The van der Waals surface area contributed by atoms with Gasteiger partial charge in [-0.2, -0.15) is 4.72 Å². The quantitative estimate of drug-likeness (QED) is 0.671. The Kier molecular flexibility index (Phi) is 6.73. The summed E-state index contributed by atoms with van der Waals surface area (Å²) in [4.78, 5) is 22.6. The van der Waals surface area contributed by atoms with Gasteiger partial charge in [0.15, 0.2) is 0 Å². The zero-order valence-electron chi connectivity index (χ0n) is 13.9. The van der Waals surface area contributed by atoms with E-state index in [0.717, 1.165) is 6.07 Å². The minimum absolute atomic E-state index is 0.00923. The molecule has 24 heavy (non-hydrogen) atoms. The Balaban J connectivity index is 3.18. The van der Waals surface area contributed by atoms with Crippen molar-refractivity contribution in [3.8, 4) is 5.75 Å². The summed E-state index contributed by atoms with van der Waals surface area (Å²) >= 11 is 0. The summed E-state index contributed by atoms with van der Waals surface area (Å²) in [7, 11) is -1.62. The van der Waals surface area contributed by atoms with Gasteiger partial charge in [-0.1, -0.05) is 13.8 Å². The molecule has 0 aliphatic carbocycles. The molecule has 134 valence electrons. The van der Waals surface area contributed by atoms with Crippen LogP contribution in [0.1, 0.15) is 30.6 Å². The van der Waals surface area contributed by atoms with E-state index in [1.165, 1.54) is 26.4 Å². The van der Waals surface area contributed by atoms with E-state index < -0.39 is 28.0 Å². The van der Waals surface area contributed by atoms with Gasteiger partial charge in [0.05, 0.1) is 19.1 Å². The zero-order chi connectivity index (χ0) is 18.5. The van der Waals surface area contributed by atoms with E-state index in [9.17, 15) is 18.0 Å². The Morgan fingerprint density at radius 1 is 1.25 bits per heavy atom. The molecular formula is C15H21NO7S. The average molecular weight is 359 g/mol. The second kappa shape index (κ2) is 8.11.